The molecule has 0 saturated heterocycles. The Morgan fingerprint density at radius 3 is 2.67 bits per heavy atom. The van der Waals surface area contributed by atoms with E-state index in [1.165, 1.54) is 0 Å². The molecular weight excluding hydrogens is 286 g/mol. The van der Waals surface area contributed by atoms with Gasteiger partial charge in [0.15, 0.2) is 0 Å². The van der Waals surface area contributed by atoms with Crippen molar-refractivity contribution in [3.8, 4) is 0 Å². The second-order valence-corrected chi connectivity index (χ2v) is 5.89. The molecule has 2 rings (SSSR count). The van der Waals surface area contributed by atoms with Crippen molar-refractivity contribution in [3.05, 3.63) is 58.5 Å². The van der Waals surface area contributed by atoms with Gasteiger partial charge in [-0.25, -0.2) is 0 Å². The number of rotatable bonds is 8. The fourth-order valence-corrected chi connectivity index (χ4v) is 2.20. The Hall–Kier alpha value is -1.29. The summed E-state index contributed by atoms with van der Waals surface area (Å²) in [5, 5.41) is 4.11. The molecule has 0 amide bonds. The van der Waals surface area contributed by atoms with E-state index in [0.717, 1.165) is 35.0 Å². The first-order valence-corrected chi connectivity index (χ1v) is 7.61. The van der Waals surface area contributed by atoms with E-state index in [2.05, 4.69) is 19.2 Å². The van der Waals surface area contributed by atoms with Crippen molar-refractivity contribution in [2.24, 2.45) is 5.92 Å². The van der Waals surface area contributed by atoms with E-state index < -0.39 is 0 Å². The van der Waals surface area contributed by atoms with Crippen LogP contribution in [0.1, 0.15) is 30.7 Å². The first-order chi connectivity index (χ1) is 10.2. The summed E-state index contributed by atoms with van der Waals surface area (Å²) in [4.78, 5) is 0. The maximum atomic E-state index is 6.11. The molecule has 1 N–H and O–H groups in total. The van der Waals surface area contributed by atoms with Crippen LogP contribution in [-0.2, 0) is 24.5 Å². The Kier molecular flexibility index (Phi) is 6.30. The Labute approximate surface area is 131 Å². The van der Waals surface area contributed by atoms with Crippen LogP contribution in [0.3, 0.4) is 0 Å². The van der Waals surface area contributed by atoms with Crippen LogP contribution in [0.25, 0.3) is 0 Å². The number of furan rings is 1. The molecule has 0 aliphatic heterocycles. The summed E-state index contributed by atoms with van der Waals surface area (Å²) in [5.74, 6) is 1.56. The maximum absolute atomic E-state index is 6.11. The molecular formula is C17H22ClNO2. The van der Waals surface area contributed by atoms with Gasteiger partial charge in [-0.05, 0) is 30.2 Å². The Balaban J connectivity index is 1.81. The van der Waals surface area contributed by atoms with Gasteiger partial charge in [-0.15, -0.1) is 0 Å². The SMILES string of the molecule is CC(C)CNCc1occc1COCc1ccccc1Cl. The van der Waals surface area contributed by atoms with E-state index in [0.29, 0.717) is 19.1 Å². The Bertz CT molecular complexity index is 551. The minimum Gasteiger partial charge on any atom is -0.468 e. The third kappa shape index (κ3) is 5.20. The van der Waals surface area contributed by atoms with Crippen molar-refractivity contribution >= 4 is 11.6 Å². The molecule has 0 radical (unpaired) electrons. The van der Waals surface area contributed by atoms with Crippen LogP contribution in [-0.4, -0.2) is 6.54 Å². The standard InChI is InChI=1S/C17H22ClNO2/c1-13(2)9-19-10-17-15(7-8-21-17)12-20-11-14-5-3-4-6-16(14)18/h3-8,13,19H,9-12H2,1-2H3. The highest BCUT2D eigenvalue weighted by atomic mass is 35.5. The van der Waals surface area contributed by atoms with Crippen molar-refractivity contribution < 1.29 is 9.15 Å². The zero-order valence-corrected chi connectivity index (χ0v) is 13.3. The molecule has 1 aromatic carbocycles. The zero-order valence-electron chi connectivity index (χ0n) is 12.6. The van der Waals surface area contributed by atoms with Crippen molar-refractivity contribution in [2.45, 2.75) is 33.6 Å². The van der Waals surface area contributed by atoms with E-state index >= 15 is 0 Å². The van der Waals surface area contributed by atoms with Gasteiger partial charge in [-0.3, -0.25) is 0 Å². The lowest BCUT2D eigenvalue weighted by molar-refractivity contribution is 0.106. The Morgan fingerprint density at radius 1 is 1.14 bits per heavy atom. The third-order valence-corrected chi connectivity index (χ3v) is 3.52. The van der Waals surface area contributed by atoms with Crippen LogP contribution < -0.4 is 5.32 Å². The number of halogens is 1. The molecule has 114 valence electrons. The number of benzene rings is 1. The maximum Gasteiger partial charge on any atom is 0.123 e. The van der Waals surface area contributed by atoms with Gasteiger partial charge < -0.3 is 14.5 Å². The number of hydrogen-bond donors (Lipinski definition) is 1. The van der Waals surface area contributed by atoms with Gasteiger partial charge >= 0.3 is 0 Å². The van der Waals surface area contributed by atoms with Crippen LogP contribution in [0.2, 0.25) is 5.02 Å². The van der Waals surface area contributed by atoms with Crippen molar-refractivity contribution in [3.63, 3.8) is 0 Å². The van der Waals surface area contributed by atoms with Crippen LogP contribution >= 0.6 is 11.6 Å². The highest BCUT2D eigenvalue weighted by Crippen LogP contribution is 2.17. The molecule has 0 aliphatic rings. The fraction of sp³-hybridized carbons (Fsp3) is 0.412. The molecule has 0 spiro atoms. The second-order valence-electron chi connectivity index (χ2n) is 5.48. The summed E-state index contributed by atoms with van der Waals surface area (Å²) in [5.41, 5.74) is 2.08. The molecule has 4 heteroatoms. The fourth-order valence-electron chi connectivity index (χ4n) is 2.01. The smallest absolute Gasteiger partial charge is 0.123 e. The van der Waals surface area contributed by atoms with E-state index in [1.807, 2.05) is 30.3 Å². The summed E-state index contributed by atoms with van der Waals surface area (Å²) in [6, 6.07) is 9.69. The zero-order chi connectivity index (χ0) is 15.1. The van der Waals surface area contributed by atoms with E-state index in [9.17, 15) is 0 Å². The van der Waals surface area contributed by atoms with E-state index in [1.54, 1.807) is 6.26 Å². The minimum absolute atomic E-state index is 0.504. The number of hydrogen-bond acceptors (Lipinski definition) is 3. The van der Waals surface area contributed by atoms with Crippen LogP contribution in [0.4, 0.5) is 0 Å². The molecule has 0 bridgehead atoms. The summed E-state index contributed by atoms with van der Waals surface area (Å²) < 4.78 is 11.2. The van der Waals surface area contributed by atoms with Gasteiger partial charge in [0.25, 0.3) is 0 Å². The number of ether oxygens (including phenoxy) is 1. The van der Waals surface area contributed by atoms with Gasteiger partial charge in [0, 0.05) is 10.6 Å². The highest BCUT2D eigenvalue weighted by Gasteiger charge is 2.07. The predicted molar refractivity (Wildman–Crippen MR) is 85.2 cm³/mol. The molecule has 2 aromatic rings. The van der Waals surface area contributed by atoms with Crippen LogP contribution in [0, 0.1) is 5.92 Å². The largest absolute Gasteiger partial charge is 0.468 e. The molecule has 0 atom stereocenters. The van der Waals surface area contributed by atoms with Gasteiger partial charge in [-0.1, -0.05) is 43.6 Å². The topological polar surface area (TPSA) is 34.4 Å². The molecule has 1 aromatic heterocycles. The lowest BCUT2D eigenvalue weighted by atomic mass is 10.2. The van der Waals surface area contributed by atoms with Crippen LogP contribution in [0.5, 0.6) is 0 Å². The molecule has 0 aliphatic carbocycles. The first kappa shape index (κ1) is 16.1. The molecule has 0 unspecified atom stereocenters. The van der Waals surface area contributed by atoms with Crippen molar-refractivity contribution in [1.29, 1.82) is 0 Å². The highest BCUT2D eigenvalue weighted by molar-refractivity contribution is 6.31. The van der Waals surface area contributed by atoms with E-state index in [-0.39, 0.29) is 0 Å². The lowest BCUT2D eigenvalue weighted by Crippen LogP contribution is -2.19. The van der Waals surface area contributed by atoms with Gasteiger partial charge in [0.05, 0.1) is 26.0 Å². The predicted octanol–water partition coefficient (Wildman–Crippen LogP) is 4.40. The second kappa shape index (κ2) is 8.23. The number of nitrogens with one attached hydrogen (secondary N) is 1. The average molecular weight is 308 g/mol. The summed E-state index contributed by atoms with van der Waals surface area (Å²) >= 11 is 6.11. The van der Waals surface area contributed by atoms with Crippen molar-refractivity contribution in [1.82, 2.24) is 5.32 Å². The van der Waals surface area contributed by atoms with Gasteiger partial charge in [-0.2, -0.15) is 0 Å². The molecule has 21 heavy (non-hydrogen) atoms. The van der Waals surface area contributed by atoms with Gasteiger partial charge in [0.1, 0.15) is 5.76 Å². The molecule has 1 heterocycles. The van der Waals surface area contributed by atoms with E-state index in [4.69, 9.17) is 20.8 Å². The normalized spacial score (nSPS) is 11.2. The average Bonchev–Trinajstić information content (AvgIpc) is 2.88. The Morgan fingerprint density at radius 2 is 1.90 bits per heavy atom. The quantitative estimate of drug-likeness (QED) is 0.785. The van der Waals surface area contributed by atoms with Gasteiger partial charge in [0.2, 0.25) is 0 Å². The summed E-state index contributed by atoms with van der Waals surface area (Å²) in [7, 11) is 0. The summed E-state index contributed by atoms with van der Waals surface area (Å²) in [6.07, 6.45) is 1.71. The molecule has 0 fully saturated rings. The lowest BCUT2D eigenvalue weighted by Gasteiger charge is -2.08. The third-order valence-electron chi connectivity index (χ3n) is 3.15. The van der Waals surface area contributed by atoms with Crippen LogP contribution in [0.15, 0.2) is 41.0 Å². The minimum atomic E-state index is 0.504. The monoisotopic (exact) mass is 307 g/mol. The van der Waals surface area contributed by atoms with Crippen molar-refractivity contribution in [2.75, 3.05) is 6.54 Å². The summed E-state index contributed by atoms with van der Waals surface area (Å²) in [6.45, 7) is 7.10. The molecule has 3 nitrogen and oxygen atoms in total. The molecule has 0 saturated carbocycles. The first-order valence-electron chi connectivity index (χ1n) is 7.24.